The molecule has 7 nitrogen and oxygen atoms in total. The molecular weight excluding hydrogens is 442 g/mol. The Bertz CT molecular complexity index is 937. The maximum atomic E-state index is 12.2. The van der Waals surface area contributed by atoms with Crippen LogP contribution in [0.5, 0.6) is 0 Å². The van der Waals surface area contributed by atoms with E-state index >= 15 is 0 Å². The summed E-state index contributed by atoms with van der Waals surface area (Å²) in [6.45, 7) is 9.58. The zero-order valence-corrected chi connectivity index (χ0v) is 21.6. The second-order valence-electron chi connectivity index (χ2n) is 10.9. The lowest BCUT2D eigenvalue weighted by Crippen LogP contribution is -2.47. The summed E-state index contributed by atoms with van der Waals surface area (Å²) < 4.78 is 0. The molecule has 0 bridgehead atoms. The summed E-state index contributed by atoms with van der Waals surface area (Å²) in [6, 6.07) is 17.4. The van der Waals surface area contributed by atoms with Crippen LogP contribution in [0.1, 0.15) is 59.4 Å². The van der Waals surface area contributed by atoms with Crippen LogP contribution in [-0.2, 0) is 16.1 Å². The smallest absolute Gasteiger partial charge is 0.312 e. The fourth-order valence-electron chi connectivity index (χ4n) is 4.03. The number of hydrogen-bond donors (Lipinski definition) is 4. The first-order valence-electron chi connectivity index (χ1n) is 12.2. The maximum absolute atomic E-state index is 12.2. The predicted molar refractivity (Wildman–Crippen MR) is 139 cm³/mol. The second-order valence-corrected chi connectivity index (χ2v) is 10.9. The standard InChI is InChI=1S/C28H41N3O4/c1-27(2,3)35-31-25(33)15-16-28(4,5)18-24(30-26(29)34)23(19-32)17-20-11-13-22(14-12-20)21-9-7-6-8-10-21/h6-14,23-24,32H,15-19H2,1-5H3,(H,31,33)(H3,29,30,34)/t23-,24?/m1/s1. The van der Waals surface area contributed by atoms with Crippen LogP contribution in [0.3, 0.4) is 0 Å². The number of rotatable bonds is 12. The lowest BCUT2D eigenvalue weighted by Gasteiger charge is -2.34. The highest BCUT2D eigenvalue weighted by molar-refractivity contribution is 5.74. The molecule has 0 aromatic heterocycles. The molecule has 2 aromatic carbocycles. The molecule has 2 rings (SSSR count). The number of hydrogen-bond acceptors (Lipinski definition) is 4. The Hall–Kier alpha value is -2.90. The van der Waals surface area contributed by atoms with E-state index in [0.29, 0.717) is 19.3 Å². The van der Waals surface area contributed by atoms with Crippen LogP contribution < -0.4 is 16.5 Å². The first-order chi connectivity index (χ1) is 16.4. The molecule has 2 atom stereocenters. The molecule has 5 N–H and O–H groups in total. The van der Waals surface area contributed by atoms with Gasteiger partial charge in [-0.3, -0.25) is 9.63 Å². The zero-order valence-electron chi connectivity index (χ0n) is 21.6. The van der Waals surface area contributed by atoms with Crippen molar-refractivity contribution in [3.63, 3.8) is 0 Å². The number of urea groups is 1. The number of primary amides is 1. The van der Waals surface area contributed by atoms with Gasteiger partial charge < -0.3 is 16.2 Å². The normalized spacial score (nSPS) is 13.7. The van der Waals surface area contributed by atoms with Crippen LogP contribution in [0, 0.1) is 11.3 Å². The van der Waals surface area contributed by atoms with Crippen molar-refractivity contribution in [1.82, 2.24) is 10.8 Å². The van der Waals surface area contributed by atoms with Crippen molar-refractivity contribution in [3.8, 4) is 11.1 Å². The summed E-state index contributed by atoms with van der Waals surface area (Å²) >= 11 is 0. The van der Waals surface area contributed by atoms with E-state index in [1.165, 1.54) is 0 Å². The SMILES string of the molecule is CC(C)(CCC(=O)NOC(C)(C)C)CC(NC(N)=O)[C@@H](CO)Cc1ccc(-c2ccccc2)cc1. The molecule has 2 aromatic rings. The van der Waals surface area contributed by atoms with Gasteiger partial charge in [0.05, 0.1) is 5.60 Å². The highest BCUT2D eigenvalue weighted by Crippen LogP contribution is 2.32. The Labute approximate surface area is 209 Å². The van der Waals surface area contributed by atoms with E-state index in [0.717, 1.165) is 16.7 Å². The number of amides is 3. The maximum Gasteiger partial charge on any atom is 0.312 e. The van der Waals surface area contributed by atoms with E-state index < -0.39 is 11.6 Å². The number of aliphatic hydroxyl groups is 1. The average Bonchev–Trinajstić information content (AvgIpc) is 2.79. The minimum atomic E-state index is -0.625. The van der Waals surface area contributed by atoms with E-state index in [1.54, 1.807) is 0 Å². The second kappa shape index (κ2) is 12.7. The van der Waals surface area contributed by atoms with Crippen LogP contribution in [0.4, 0.5) is 4.79 Å². The molecule has 0 spiro atoms. The lowest BCUT2D eigenvalue weighted by atomic mass is 9.77. The van der Waals surface area contributed by atoms with Gasteiger partial charge >= 0.3 is 6.03 Å². The Morgan fingerprint density at radius 2 is 1.57 bits per heavy atom. The number of aliphatic hydroxyl groups excluding tert-OH is 1. The Morgan fingerprint density at radius 1 is 0.971 bits per heavy atom. The molecule has 0 aliphatic carbocycles. The number of carbonyl (C=O) groups is 2. The van der Waals surface area contributed by atoms with Gasteiger partial charge in [-0.1, -0.05) is 68.4 Å². The van der Waals surface area contributed by atoms with Crippen LogP contribution in [-0.4, -0.2) is 35.3 Å². The van der Waals surface area contributed by atoms with Gasteiger partial charge in [0.15, 0.2) is 0 Å². The Kier molecular flexibility index (Phi) is 10.3. The van der Waals surface area contributed by atoms with Gasteiger partial charge in [-0.25, -0.2) is 10.3 Å². The number of benzene rings is 2. The summed E-state index contributed by atoms with van der Waals surface area (Å²) in [4.78, 5) is 29.3. The first kappa shape index (κ1) is 28.3. The van der Waals surface area contributed by atoms with Crippen molar-refractivity contribution in [3.05, 3.63) is 60.2 Å². The van der Waals surface area contributed by atoms with Crippen molar-refractivity contribution in [2.45, 2.75) is 71.9 Å². The number of nitrogens with two attached hydrogens (primary N) is 1. The zero-order chi connectivity index (χ0) is 26.1. The highest BCUT2D eigenvalue weighted by atomic mass is 16.7. The van der Waals surface area contributed by atoms with E-state index in [9.17, 15) is 14.7 Å². The van der Waals surface area contributed by atoms with Gasteiger partial charge in [0.25, 0.3) is 0 Å². The van der Waals surface area contributed by atoms with Gasteiger partial charge in [-0.05, 0) is 62.1 Å². The molecule has 3 amide bonds. The topological polar surface area (TPSA) is 114 Å². The summed E-state index contributed by atoms with van der Waals surface area (Å²) in [5, 5.41) is 13.0. The molecule has 0 aliphatic rings. The van der Waals surface area contributed by atoms with Gasteiger partial charge in [0.2, 0.25) is 5.91 Å². The molecule has 7 heteroatoms. The first-order valence-corrected chi connectivity index (χ1v) is 12.2. The van der Waals surface area contributed by atoms with Gasteiger partial charge in [-0.15, -0.1) is 0 Å². The van der Waals surface area contributed by atoms with Crippen LogP contribution in [0.25, 0.3) is 11.1 Å². The molecule has 0 saturated carbocycles. The molecule has 192 valence electrons. The van der Waals surface area contributed by atoms with Crippen LogP contribution in [0.2, 0.25) is 0 Å². The summed E-state index contributed by atoms with van der Waals surface area (Å²) in [5.74, 6) is -0.410. The van der Waals surface area contributed by atoms with E-state index in [1.807, 2.05) is 52.8 Å². The highest BCUT2D eigenvalue weighted by Gasteiger charge is 2.30. The number of carbonyl (C=O) groups excluding carboxylic acids is 2. The minimum Gasteiger partial charge on any atom is -0.396 e. The van der Waals surface area contributed by atoms with E-state index in [-0.39, 0.29) is 36.3 Å². The summed E-state index contributed by atoms with van der Waals surface area (Å²) in [6.07, 6.45) is 2.04. The van der Waals surface area contributed by atoms with Gasteiger partial charge in [-0.2, -0.15) is 0 Å². The lowest BCUT2D eigenvalue weighted by molar-refractivity contribution is -0.146. The molecule has 0 fully saturated rings. The molecule has 0 radical (unpaired) electrons. The van der Waals surface area contributed by atoms with E-state index in [4.69, 9.17) is 10.6 Å². The fraction of sp³-hybridized carbons (Fsp3) is 0.500. The molecule has 1 unspecified atom stereocenters. The van der Waals surface area contributed by atoms with E-state index in [2.05, 4.69) is 47.2 Å². The fourth-order valence-corrected chi connectivity index (χ4v) is 4.03. The van der Waals surface area contributed by atoms with Gasteiger partial charge in [0, 0.05) is 25.0 Å². The van der Waals surface area contributed by atoms with Crippen LogP contribution in [0.15, 0.2) is 54.6 Å². The monoisotopic (exact) mass is 483 g/mol. The van der Waals surface area contributed by atoms with Crippen molar-refractivity contribution in [1.29, 1.82) is 0 Å². The van der Waals surface area contributed by atoms with Crippen molar-refractivity contribution >= 4 is 11.9 Å². The average molecular weight is 484 g/mol. The molecule has 0 aliphatic heterocycles. The summed E-state index contributed by atoms with van der Waals surface area (Å²) in [7, 11) is 0. The third-order valence-electron chi connectivity index (χ3n) is 5.96. The van der Waals surface area contributed by atoms with Crippen molar-refractivity contribution < 1.29 is 19.5 Å². The summed E-state index contributed by atoms with van der Waals surface area (Å²) in [5.41, 5.74) is 10.6. The van der Waals surface area contributed by atoms with Crippen molar-refractivity contribution in [2.24, 2.45) is 17.1 Å². The molecular formula is C28H41N3O4. The number of hydroxylamine groups is 1. The molecule has 0 saturated heterocycles. The third-order valence-corrected chi connectivity index (χ3v) is 5.96. The quantitative estimate of drug-likeness (QED) is 0.331. The number of nitrogens with one attached hydrogen (secondary N) is 2. The third kappa shape index (κ3) is 10.5. The molecule has 0 heterocycles. The predicted octanol–water partition coefficient (Wildman–Crippen LogP) is 4.58. The van der Waals surface area contributed by atoms with Crippen LogP contribution >= 0.6 is 0 Å². The minimum absolute atomic E-state index is 0.0959. The Morgan fingerprint density at radius 3 is 2.11 bits per heavy atom. The van der Waals surface area contributed by atoms with Crippen molar-refractivity contribution in [2.75, 3.05) is 6.61 Å². The molecule has 35 heavy (non-hydrogen) atoms. The van der Waals surface area contributed by atoms with Gasteiger partial charge in [0.1, 0.15) is 0 Å². The largest absolute Gasteiger partial charge is 0.396 e. The Balaban J connectivity index is 2.04.